The molecule has 1 heterocycles. The second-order valence-electron chi connectivity index (χ2n) is 3.07. The van der Waals surface area contributed by atoms with Crippen LogP contribution in [0, 0.1) is 0 Å². The SMILES string of the molecule is C=CC(=C)CCN1CCOCC1. The Morgan fingerprint density at radius 3 is 2.67 bits per heavy atom. The van der Waals surface area contributed by atoms with Gasteiger partial charge >= 0.3 is 0 Å². The van der Waals surface area contributed by atoms with Crippen LogP contribution in [0.3, 0.4) is 0 Å². The molecule has 68 valence electrons. The van der Waals surface area contributed by atoms with Gasteiger partial charge in [0.2, 0.25) is 0 Å². The number of allylic oxidation sites excluding steroid dienone is 1. The Morgan fingerprint density at radius 2 is 2.08 bits per heavy atom. The summed E-state index contributed by atoms with van der Waals surface area (Å²) in [6.07, 6.45) is 2.87. The zero-order chi connectivity index (χ0) is 8.81. The number of morpholine rings is 1. The second-order valence-corrected chi connectivity index (χ2v) is 3.07. The smallest absolute Gasteiger partial charge is 0.0594 e. The molecule has 1 rings (SSSR count). The third-order valence-corrected chi connectivity index (χ3v) is 2.14. The topological polar surface area (TPSA) is 12.5 Å². The van der Waals surface area contributed by atoms with Crippen molar-refractivity contribution in [3.8, 4) is 0 Å². The van der Waals surface area contributed by atoms with E-state index in [-0.39, 0.29) is 0 Å². The van der Waals surface area contributed by atoms with Crippen LogP contribution >= 0.6 is 0 Å². The van der Waals surface area contributed by atoms with E-state index in [1.165, 1.54) is 0 Å². The normalized spacial score (nSPS) is 19.0. The summed E-state index contributed by atoms with van der Waals surface area (Å²) in [7, 11) is 0. The highest BCUT2D eigenvalue weighted by atomic mass is 16.5. The number of ether oxygens (including phenoxy) is 1. The molecule has 0 aromatic heterocycles. The zero-order valence-corrected chi connectivity index (χ0v) is 7.59. The number of rotatable bonds is 4. The van der Waals surface area contributed by atoms with Crippen LogP contribution in [-0.4, -0.2) is 37.7 Å². The van der Waals surface area contributed by atoms with Gasteiger partial charge in [-0.3, -0.25) is 4.90 Å². The van der Waals surface area contributed by atoms with Gasteiger partial charge in [0.05, 0.1) is 13.2 Å². The molecule has 0 aromatic rings. The molecule has 0 amide bonds. The molecular weight excluding hydrogens is 150 g/mol. The standard InChI is InChI=1S/C10H17NO/c1-3-10(2)4-5-11-6-8-12-9-7-11/h3H,1-2,4-9H2. The van der Waals surface area contributed by atoms with E-state index in [2.05, 4.69) is 18.1 Å². The lowest BCUT2D eigenvalue weighted by Crippen LogP contribution is -2.36. The van der Waals surface area contributed by atoms with Crippen LogP contribution in [0.4, 0.5) is 0 Å². The highest BCUT2D eigenvalue weighted by molar-refractivity contribution is 5.10. The van der Waals surface area contributed by atoms with Gasteiger partial charge in [-0.1, -0.05) is 24.8 Å². The molecular formula is C10H17NO. The minimum absolute atomic E-state index is 0.876. The molecule has 0 atom stereocenters. The number of hydrogen-bond donors (Lipinski definition) is 0. The Morgan fingerprint density at radius 1 is 1.42 bits per heavy atom. The minimum Gasteiger partial charge on any atom is -0.379 e. The van der Waals surface area contributed by atoms with Crippen LogP contribution in [0.25, 0.3) is 0 Å². The molecule has 0 aromatic carbocycles. The van der Waals surface area contributed by atoms with Gasteiger partial charge in [0, 0.05) is 19.6 Å². The first-order chi connectivity index (χ1) is 5.83. The van der Waals surface area contributed by atoms with Crippen molar-refractivity contribution in [2.75, 3.05) is 32.8 Å². The van der Waals surface area contributed by atoms with Crippen LogP contribution in [0.1, 0.15) is 6.42 Å². The summed E-state index contributed by atoms with van der Waals surface area (Å²) in [6.45, 7) is 12.5. The van der Waals surface area contributed by atoms with E-state index in [9.17, 15) is 0 Å². The molecule has 0 aliphatic carbocycles. The Hall–Kier alpha value is -0.600. The van der Waals surface area contributed by atoms with Crippen molar-refractivity contribution in [2.45, 2.75) is 6.42 Å². The fourth-order valence-electron chi connectivity index (χ4n) is 1.23. The molecule has 1 aliphatic heterocycles. The summed E-state index contributed by atoms with van der Waals surface area (Å²) in [5, 5.41) is 0. The highest BCUT2D eigenvalue weighted by Crippen LogP contribution is 2.03. The first-order valence-corrected chi connectivity index (χ1v) is 4.43. The maximum absolute atomic E-state index is 5.25. The van der Waals surface area contributed by atoms with Crippen molar-refractivity contribution in [1.29, 1.82) is 0 Å². The van der Waals surface area contributed by atoms with Gasteiger partial charge in [0.1, 0.15) is 0 Å². The van der Waals surface area contributed by atoms with E-state index in [1.807, 2.05) is 6.08 Å². The van der Waals surface area contributed by atoms with E-state index in [0.717, 1.165) is 44.8 Å². The van der Waals surface area contributed by atoms with Crippen molar-refractivity contribution in [1.82, 2.24) is 4.90 Å². The van der Waals surface area contributed by atoms with Gasteiger partial charge in [-0.2, -0.15) is 0 Å². The highest BCUT2D eigenvalue weighted by Gasteiger charge is 2.08. The number of nitrogens with zero attached hydrogens (tertiary/aromatic N) is 1. The molecule has 2 nitrogen and oxygen atoms in total. The Bertz CT molecular complexity index is 159. The van der Waals surface area contributed by atoms with Gasteiger partial charge in [0.15, 0.2) is 0 Å². The molecule has 0 N–H and O–H groups in total. The molecule has 0 unspecified atom stereocenters. The average Bonchev–Trinajstić information content (AvgIpc) is 2.16. The van der Waals surface area contributed by atoms with Gasteiger partial charge in [-0.25, -0.2) is 0 Å². The first-order valence-electron chi connectivity index (χ1n) is 4.43. The Labute approximate surface area is 74.5 Å². The lowest BCUT2D eigenvalue weighted by molar-refractivity contribution is 0.0385. The Kier molecular flexibility index (Phi) is 4.05. The monoisotopic (exact) mass is 167 g/mol. The molecule has 0 saturated carbocycles. The van der Waals surface area contributed by atoms with Crippen molar-refractivity contribution >= 4 is 0 Å². The lowest BCUT2D eigenvalue weighted by atomic mass is 10.2. The maximum Gasteiger partial charge on any atom is 0.0594 e. The van der Waals surface area contributed by atoms with Gasteiger partial charge in [0.25, 0.3) is 0 Å². The zero-order valence-electron chi connectivity index (χ0n) is 7.59. The lowest BCUT2D eigenvalue weighted by Gasteiger charge is -2.26. The molecule has 0 spiro atoms. The quantitative estimate of drug-likeness (QED) is 0.588. The van der Waals surface area contributed by atoms with Crippen LogP contribution in [0.15, 0.2) is 24.8 Å². The van der Waals surface area contributed by atoms with Crippen LogP contribution in [0.2, 0.25) is 0 Å². The van der Waals surface area contributed by atoms with Crippen LogP contribution < -0.4 is 0 Å². The van der Waals surface area contributed by atoms with Crippen molar-refractivity contribution in [3.05, 3.63) is 24.8 Å². The summed E-state index contributed by atoms with van der Waals surface area (Å²) in [5.74, 6) is 0. The molecule has 1 saturated heterocycles. The Balaban J connectivity index is 2.12. The maximum atomic E-state index is 5.25. The van der Waals surface area contributed by atoms with Crippen LogP contribution in [-0.2, 0) is 4.74 Å². The third kappa shape index (κ3) is 3.20. The van der Waals surface area contributed by atoms with Crippen LogP contribution in [0.5, 0.6) is 0 Å². The molecule has 0 radical (unpaired) electrons. The van der Waals surface area contributed by atoms with E-state index < -0.39 is 0 Å². The van der Waals surface area contributed by atoms with Gasteiger partial charge in [-0.15, -0.1) is 0 Å². The van der Waals surface area contributed by atoms with Crippen molar-refractivity contribution in [3.63, 3.8) is 0 Å². The summed E-state index contributed by atoms with van der Waals surface area (Å²) in [4.78, 5) is 2.40. The van der Waals surface area contributed by atoms with E-state index in [0.29, 0.717) is 0 Å². The van der Waals surface area contributed by atoms with E-state index in [4.69, 9.17) is 4.74 Å². The first kappa shape index (κ1) is 9.49. The van der Waals surface area contributed by atoms with Crippen molar-refractivity contribution < 1.29 is 4.74 Å². The number of hydrogen-bond acceptors (Lipinski definition) is 2. The summed E-state index contributed by atoms with van der Waals surface area (Å²) < 4.78 is 5.25. The molecule has 1 fully saturated rings. The summed E-state index contributed by atoms with van der Waals surface area (Å²) >= 11 is 0. The van der Waals surface area contributed by atoms with Gasteiger partial charge in [-0.05, 0) is 6.42 Å². The van der Waals surface area contributed by atoms with Crippen molar-refractivity contribution in [2.24, 2.45) is 0 Å². The fourth-order valence-corrected chi connectivity index (χ4v) is 1.23. The fraction of sp³-hybridized carbons (Fsp3) is 0.600. The minimum atomic E-state index is 0.876. The molecule has 0 bridgehead atoms. The summed E-state index contributed by atoms with van der Waals surface area (Å²) in [5.41, 5.74) is 1.13. The molecule has 2 heteroatoms. The predicted octanol–water partition coefficient (Wildman–Crippen LogP) is 1.45. The summed E-state index contributed by atoms with van der Waals surface area (Å²) in [6, 6.07) is 0. The molecule has 12 heavy (non-hydrogen) atoms. The average molecular weight is 167 g/mol. The van der Waals surface area contributed by atoms with E-state index in [1.54, 1.807) is 0 Å². The largest absolute Gasteiger partial charge is 0.379 e. The molecule has 1 aliphatic rings. The van der Waals surface area contributed by atoms with Gasteiger partial charge < -0.3 is 4.74 Å². The second kappa shape index (κ2) is 5.12. The third-order valence-electron chi connectivity index (χ3n) is 2.14. The predicted molar refractivity (Wildman–Crippen MR) is 51.2 cm³/mol. The van der Waals surface area contributed by atoms with E-state index >= 15 is 0 Å².